The van der Waals surface area contributed by atoms with Crippen LogP contribution < -0.4 is 11.1 Å². The van der Waals surface area contributed by atoms with E-state index < -0.39 is 0 Å². The van der Waals surface area contributed by atoms with Crippen LogP contribution in [0.5, 0.6) is 0 Å². The van der Waals surface area contributed by atoms with Crippen LogP contribution in [0.3, 0.4) is 0 Å². The van der Waals surface area contributed by atoms with Crippen molar-refractivity contribution in [1.82, 2.24) is 5.32 Å². The Hall–Kier alpha value is -0.0800. The normalized spacial score (nSPS) is 13.4. The van der Waals surface area contributed by atoms with E-state index in [-0.39, 0.29) is 0 Å². The molecule has 0 aliphatic carbocycles. The van der Waals surface area contributed by atoms with Crippen molar-refractivity contribution in [3.05, 3.63) is 0 Å². The molecular formula is C13H30N2. The van der Waals surface area contributed by atoms with Crippen molar-refractivity contribution in [2.24, 2.45) is 17.6 Å². The lowest BCUT2D eigenvalue weighted by atomic mass is 10.1. The largest absolute Gasteiger partial charge is 0.330 e. The number of unbranched alkanes of at least 4 members (excludes halogenated alkanes) is 1. The molecule has 0 rings (SSSR count). The molecule has 92 valence electrons. The lowest BCUT2D eigenvalue weighted by Crippen LogP contribution is -2.18. The number of hydrogen-bond acceptors (Lipinski definition) is 2. The Kier molecular flexibility index (Phi) is 10.4. The zero-order valence-electron chi connectivity index (χ0n) is 10.9. The Morgan fingerprint density at radius 3 is 2.20 bits per heavy atom. The first-order valence-corrected chi connectivity index (χ1v) is 6.57. The highest BCUT2D eigenvalue weighted by Gasteiger charge is 1.98. The van der Waals surface area contributed by atoms with E-state index in [1.807, 2.05) is 0 Å². The van der Waals surface area contributed by atoms with Gasteiger partial charge in [0.25, 0.3) is 0 Å². The SMILES string of the molecule is CC(C)CCCCNCCCC(C)CN. The molecule has 1 atom stereocenters. The fourth-order valence-corrected chi connectivity index (χ4v) is 1.62. The Labute approximate surface area is 96.0 Å². The van der Waals surface area contributed by atoms with Gasteiger partial charge in [0.05, 0.1) is 0 Å². The molecule has 0 aliphatic heterocycles. The van der Waals surface area contributed by atoms with Crippen molar-refractivity contribution in [2.75, 3.05) is 19.6 Å². The van der Waals surface area contributed by atoms with Gasteiger partial charge in [0.1, 0.15) is 0 Å². The van der Waals surface area contributed by atoms with Crippen LogP contribution in [0.1, 0.15) is 52.9 Å². The topological polar surface area (TPSA) is 38.0 Å². The van der Waals surface area contributed by atoms with Gasteiger partial charge in [0.2, 0.25) is 0 Å². The molecule has 0 radical (unpaired) electrons. The molecule has 2 heteroatoms. The number of nitrogens with two attached hydrogens (primary N) is 1. The fraction of sp³-hybridized carbons (Fsp3) is 1.00. The molecule has 0 saturated heterocycles. The van der Waals surface area contributed by atoms with Crippen LogP contribution >= 0.6 is 0 Å². The maximum atomic E-state index is 5.56. The summed E-state index contributed by atoms with van der Waals surface area (Å²) >= 11 is 0. The third-order valence-electron chi connectivity index (χ3n) is 2.84. The third-order valence-corrected chi connectivity index (χ3v) is 2.84. The predicted molar refractivity (Wildman–Crippen MR) is 69.0 cm³/mol. The van der Waals surface area contributed by atoms with Crippen molar-refractivity contribution in [3.63, 3.8) is 0 Å². The van der Waals surface area contributed by atoms with Gasteiger partial charge in [-0.3, -0.25) is 0 Å². The van der Waals surface area contributed by atoms with E-state index >= 15 is 0 Å². The van der Waals surface area contributed by atoms with Gasteiger partial charge < -0.3 is 11.1 Å². The fourth-order valence-electron chi connectivity index (χ4n) is 1.62. The molecule has 0 aliphatic rings. The van der Waals surface area contributed by atoms with Crippen molar-refractivity contribution in [3.8, 4) is 0 Å². The van der Waals surface area contributed by atoms with Gasteiger partial charge >= 0.3 is 0 Å². The predicted octanol–water partition coefficient (Wildman–Crippen LogP) is 2.78. The second-order valence-electron chi connectivity index (χ2n) is 5.12. The van der Waals surface area contributed by atoms with Crippen LogP contribution in [0.15, 0.2) is 0 Å². The monoisotopic (exact) mass is 214 g/mol. The zero-order chi connectivity index (χ0) is 11.5. The van der Waals surface area contributed by atoms with Crippen LogP contribution in [-0.2, 0) is 0 Å². The molecule has 0 fully saturated rings. The molecule has 0 heterocycles. The summed E-state index contributed by atoms with van der Waals surface area (Å²) in [6, 6.07) is 0. The third kappa shape index (κ3) is 11.8. The van der Waals surface area contributed by atoms with E-state index in [1.165, 1.54) is 38.6 Å². The van der Waals surface area contributed by atoms with E-state index in [2.05, 4.69) is 26.1 Å². The van der Waals surface area contributed by atoms with Gasteiger partial charge in [-0.15, -0.1) is 0 Å². The minimum atomic E-state index is 0.688. The summed E-state index contributed by atoms with van der Waals surface area (Å²) in [5.74, 6) is 1.54. The highest BCUT2D eigenvalue weighted by molar-refractivity contribution is 4.56. The molecule has 3 N–H and O–H groups in total. The molecule has 15 heavy (non-hydrogen) atoms. The van der Waals surface area contributed by atoms with Crippen LogP contribution in [0.2, 0.25) is 0 Å². The summed E-state index contributed by atoms with van der Waals surface area (Å²) in [4.78, 5) is 0. The number of hydrogen-bond donors (Lipinski definition) is 2. The standard InChI is InChI=1S/C13H30N2/c1-12(2)7-4-5-9-15-10-6-8-13(3)11-14/h12-13,15H,4-11,14H2,1-3H3. The number of nitrogens with one attached hydrogen (secondary N) is 1. The first kappa shape index (κ1) is 14.9. The summed E-state index contributed by atoms with van der Waals surface area (Å²) in [6.45, 7) is 9.98. The van der Waals surface area contributed by atoms with Gasteiger partial charge in [-0.2, -0.15) is 0 Å². The highest BCUT2D eigenvalue weighted by atomic mass is 14.8. The molecule has 0 aromatic heterocycles. The Balaban J connectivity index is 2.99. The van der Waals surface area contributed by atoms with Gasteiger partial charge in [-0.05, 0) is 50.7 Å². The van der Waals surface area contributed by atoms with Crippen molar-refractivity contribution < 1.29 is 0 Å². The Morgan fingerprint density at radius 1 is 0.933 bits per heavy atom. The molecule has 0 spiro atoms. The molecule has 0 aromatic rings. The van der Waals surface area contributed by atoms with Gasteiger partial charge in [-0.25, -0.2) is 0 Å². The lowest BCUT2D eigenvalue weighted by Gasteiger charge is -2.09. The molecule has 0 aromatic carbocycles. The second kappa shape index (κ2) is 10.4. The minimum Gasteiger partial charge on any atom is -0.330 e. The van der Waals surface area contributed by atoms with Crippen LogP contribution in [-0.4, -0.2) is 19.6 Å². The van der Waals surface area contributed by atoms with E-state index in [1.54, 1.807) is 0 Å². The molecular weight excluding hydrogens is 184 g/mol. The van der Waals surface area contributed by atoms with Crippen LogP contribution in [0.25, 0.3) is 0 Å². The second-order valence-corrected chi connectivity index (χ2v) is 5.12. The summed E-state index contributed by atoms with van der Waals surface area (Å²) in [5.41, 5.74) is 5.56. The summed E-state index contributed by atoms with van der Waals surface area (Å²) < 4.78 is 0. The summed E-state index contributed by atoms with van der Waals surface area (Å²) in [5, 5.41) is 3.50. The van der Waals surface area contributed by atoms with E-state index in [0.717, 1.165) is 19.0 Å². The van der Waals surface area contributed by atoms with Crippen molar-refractivity contribution >= 4 is 0 Å². The first-order chi connectivity index (χ1) is 7.16. The van der Waals surface area contributed by atoms with Crippen LogP contribution in [0, 0.1) is 11.8 Å². The Morgan fingerprint density at radius 2 is 1.60 bits per heavy atom. The zero-order valence-corrected chi connectivity index (χ0v) is 10.9. The molecule has 0 amide bonds. The van der Waals surface area contributed by atoms with E-state index in [0.29, 0.717) is 5.92 Å². The highest BCUT2D eigenvalue weighted by Crippen LogP contribution is 2.05. The average Bonchev–Trinajstić information content (AvgIpc) is 2.21. The molecule has 0 bridgehead atoms. The van der Waals surface area contributed by atoms with Crippen molar-refractivity contribution in [2.45, 2.75) is 52.9 Å². The molecule has 0 saturated carbocycles. The summed E-state index contributed by atoms with van der Waals surface area (Å²) in [6.07, 6.45) is 6.58. The average molecular weight is 214 g/mol. The Bertz CT molecular complexity index is 124. The van der Waals surface area contributed by atoms with Gasteiger partial charge in [0, 0.05) is 0 Å². The van der Waals surface area contributed by atoms with Gasteiger partial charge in [-0.1, -0.05) is 33.6 Å². The first-order valence-electron chi connectivity index (χ1n) is 6.57. The van der Waals surface area contributed by atoms with Gasteiger partial charge in [0.15, 0.2) is 0 Å². The smallest absolute Gasteiger partial charge is 0.00488 e. The lowest BCUT2D eigenvalue weighted by molar-refractivity contribution is 0.486. The van der Waals surface area contributed by atoms with Crippen LogP contribution in [0.4, 0.5) is 0 Å². The maximum absolute atomic E-state index is 5.56. The van der Waals surface area contributed by atoms with Crippen molar-refractivity contribution in [1.29, 1.82) is 0 Å². The quantitative estimate of drug-likeness (QED) is 0.549. The van der Waals surface area contributed by atoms with E-state index in [4.69, 9.17) is 5.73 Å². The molecule has 1 unspecified atom stereocenters. The summed E-state index contributed by atoms with van der Waals surface area (Å²) in [7, 11) is 0. The minimum absolute atomic E-state index is 0.688. The van der Waals surface area contributed by atoms with E-state index in [9.17, 15) is 0 Å². The number of rotatable bonds is 10. The molecule has 2 nitrogen and oxygen atoms in total. The maximum Gasteiger partial charge on any atom is -0.00488 e.